The van der Waals surface area contributed by atoms with Crippen molar-refractivity contribution in [1.82, 2.24) is 0 Å². The second-order valence-corrected chi connectivity index (χ2v) is 4.41. The monoisotopic (exact) mass is 236 g/mol. The topological polar surface area (TPSA) is 61.3 Å². The van der Waals surface area contributed by atoms with Gasteiger partial charge in [0.2, 0.25) is 0 Å². The number of benzene rings is 1. The van der Waals surface area contributed by atoms with Gasteiger partial charge in [0.05, 0.1) is 12.3 Å². The predicted octanol–water partition coefficient (Wildman–Crippen LogP) is 3.59. The van der Waals surface area contributed by atoms with Crippen molar-refractivity contribution < 1.29 is 4.74 Å². The van der Waals surface area contributed by atoms with E-state index in [0.29, 0.717) is 17.1 Å². The van der Waals surface area contributed by atoms with E-state index in [9.17, 15) is 0 Å². The first-order valence-electron chi connectivity index (χ1n) is 6.52. The Balaban J connectivity index is 2.15. The molecule has 0 atom stereocenters. The highest BCUT2D eigenvalue weighted by Crippen LogP contribution is 2.24. The fourth-order valence-electron chi connectivity index (χ4n) is 1.74. The fraction of sp³-hybridized carbons (Fsp3) is 0.571. The summed E-state index contributed by atoms with van der Waals surface area (Å²) in [6.07, 6.45) is 7.56. The molecule has 1 rings (SSSR count). The Hall–Kier alpha value is -1.38. The van der Waals surface area contributed by atoms with Crippen LogP contribution in [0.4, 0.5) is 11.4 Å². The summed E-state index contributed by atoms with van der Waals surface area (Å²) in [4.78, 5) is 0. The number of nitrogen functional groups attached to an aromatic ring is 2. The minimum absolute atomic E-state index is 0.658. The molecule has 0 fully saturated rings. The highest BCUT2D eigenvalue weighted by molar-refractivity contribution is 5.59. The standard InChI is InChI=1S/C14H24N2O/c1-2-3-4-5-6-7-10-17-14-11-12(15)8-9-13(14)16/h8-9,11H,2-7,10,15-16H2,1H3. The van der Waals surface area contributed by atoms with Gasteiger partial charge in [-0.3, -0.25) is 0 Å². The molecule has 3 nitrogen and oxygen atoms in total. The Bertz CT molecular complexity index is 326. The smallest absolute Gasteiger partial charge is 0.144 e. The fourth-order valence-corrected chi connectivity index (χ4v) is 1.74. The van der Waals surface area contributed by atoms with Crippen LogP contribution in [-0.2, 0) is 0 Å². The number of nitrogens with two attached hydrogens (primary N) is 2. The van der Waals surface area contributed by atoms with Crippen molar-refractivity contribution in [3.63, 3.8) is 0 Å². The van der Waals surface area contributed by atoms with E-state index < -0.39 is 0 Å². The van der Waals surface area contributed by atoms with Gasteiger partial charge < -0.3 is 16.2 Å². The first kappa shape index (κ1) is 13.7. The lowest BCUT2D eigenvalue weighted by Gasteiger charge is -2.09. The van der Waals surface area contributed by atoms with Crippen LogP contribution in [-0.4, -0.2) is 6.61 Å². The molecule has 0 heterocycles. The molecule has 1 aromatic carbocycles. The lowest BCUT2D eigenvalue weighted by Crippen LogP contribution is -2.01. The van der Waals surface area contributed by atoms with Gasteiger partial charge in [0.1, 0.15) is 5.75 Å². The van der Waals surface area contributed by atoms with Crippen molar-refractivity contribution in [2.45, 2.75) is 45.4 Å². The van der Waals surface area contributed by atoms with E-state index in [2.05, 4.69) is 6.92 Å². The van der Waals surface area contributed by atoms with Gasteiger partial charge in [0, 0.05) is 11.8 Å². The van der Waals surface area contributed by atoms with E-state index in [1.54, 1.807) is 18.2 Å². The lowest BCUT2D eigenvalue weighted by molar-refractivity contribution is 0.306. The normalized spacial score (nSPS) is 10.4. The number of hydrogen-bond acceptors (Lipinski definition) is 3. The molecule has 0 aliphatic heterocycles. The molecule has 0 aromatic heterocycles. The lowest BCUT2D eigenvalue weighted by atomic mass is 10.1. The molecule has 3 heteroatoms. The largest absolute Gasteiger partial charge is 0.491 e. The van der Waals surface area contributed by atoms with Gasteiger partial charge in [-0.15, -0.1) is 0 Å². The maximum Gasteiger partial charge on any atom is 0.144 e. The van der Waals surface area contributed by atoms with Gasteiger partial charge in [-0.2, -0.15) is 0 Å². The van der Waals surface area contributed by atoms with Crippen LogP contribution in [0.3, 0.4) is 0 Å². The van der Waals surface area contributed by atoms with Crippen LogP contribution in [0, 0.1) is 0 Å². The predicted molar refractivity (Wildman–Crippen MR) is 74.1 cm³/mol. The molecule has 0 unspecified atom stereocenters. The molecule has 0 saturated carbocycles. The van der Waals surface area contributed by atoms with Gasteiger partial charge >= 0.3 is 0 Å². The SMILES string of the molecule is CCCCCCCCOc1cc(N)ccc1N. The van der Waals surface area contributed by atoms with E-state index >= 15 is 0 Å². The number of rotatable bonds is 8. The Labute approximate surface area is 104 Å². The number of unbranched alkanes of at least 4 members (excludes halogenated alkanes) is 5. The zero-order valence-electron chi connectivity index (χ0n) is 10.7. The summed E-state index contributed by atoms with van der Waals surface area (Å²) >= 11 is 0. The van der Waals surface area contributed by atoms with Crippen molar-refractivity contribution in [2.24, 2.45) is 0 Å². The van der Waals surface area contributed by atoms with Gasteiger partial charge in [-0.25, -0.2) is 0 Å². The quantitative estimate of drug-likeness (QED) is 0.535. The van der Waals surface area contributed by atoms with Crippen molar-refractivity contribution >= 4 is 11.4 Å². The van der Waals surface area contributed by atoms with E-state index in [-0.39, 0.29) is 0 Å². The molecule has 0 spiro atoms. The second-order valence-electron chi connectivity index (χ2n) is 4.41. The third kappa shape index (κ3) is 5.48. The molecule has 4 N–H and O–H groups in total. The summed E-state index contributed by atoms with van der Waals surface area (Å²) in [6.45, 7) is 2.95. The van der Waals surface area contributed by atoms with Crippen molar-refractivity contribution in [1.29, 1.82) is 0 Å². The summed E-state index contributed by atoms with van der Waals surface area (Å²) in [6, 6.07) is 5.35. The molecule has 0 saturated heterocycles. The summed E-state index contributed by atoms with van der Waals surface area (Å²) in [5.41, 5.74) is 12.8. The van der Waals surface area contributed by atoms with Crippen LogP contribution in [0.25, 0.3) is 0 Å². The molecule has 0 radical (unpaired) electrons. The summed E-state index contributed by atoms with van der Waals surface area (Å²) in [5, 5.41) is 0. The summed E-state index contributed by atoms with van der Waals surface area (Å²) in [5.74, 6) is 0.707. The first-order valence-corrected chi connectivity index (χ1v) is 6.52. The Kier molecular flexibility index (Phi) is 6.30. The number of ether oxygens (including phenoxy) is 1. The molecule has 1 aromatic rings. The molecule has 96 valence electrons. The van der Waals surface area contributed by atoms with Crippen LogP contribution in [0.15, 0.2) is 18.2 Å². The third-order valence-electron chi connectivity index (χ3n) is 2.79. The molecular formula is C14H24N2O. The van der Waals surface area contributed by atoms with Crippen molar-refractivity contribution in [3.8, 4) is 5.75 Å². The van der Waals surface area contributed by atoms with Gasteiger partial charge in [0.25, 0.3) is 0 Å². The van der Waals surface area contributed by atoms with E-state index in [1.807, 2.05) is 0 Å². The van der Waals surface area contributed by atoms with Crippen LogP contribution < -0.4 is 16.2 Å². The average Bonchev–Trinajstić information content (AvgIpc) is 2.32. The highest BCUT2D eigenvalue weighted by Gasteiger charge is 2.00. The molecule has 17 heavy (non-hydrogen) atoms. The first-order chi connectivity index (χ1) is 8.24. The van der Waals surface area contributed by atoms with Gasteiger partial charge in [0.15, 0.2) is 0 Å². The van der Waals surface area contributed by atoms with Crippen molar-refractivity contribution in [2.75, 3.05) is 18.1 Å². The Morgan fingerprint density at radius 1 is 1.00 bits per heavy atom. The van der Waals surface area contributed by atoms with Crippen molar-refractivity contribution in [3.05, 3.63) is 18.2 Å². The maximum atomic E-state index is 5.79. The molecule has 0 aliphatic rings. The van der Waals surface area contributed by atoms with Crippen LogP contribution in [0.2, 0.25) is 0 Å². The second kappa shape index (κ2) is 7.82. The molecular weight excluding hydrogens is 212 g/mol. The van der Waals surface area contributed by atoms with Crippen LogP contribution >= 0.6 is 0 Å². The average molecular weight is 236 g/mol. The highest BCUT2D eigenvalue weighted by atomic mass is 16.5. The maximum absolute atomic E-state index is 5.79. The minimum Gasteiger partial charge on any atom is -0.491 e. The van der Waals surface area contributed by atoms with E-state index in [0.717, 1.165) is 13.0 Å². The minimum atomic E-state index is 0.658. The Morgan fingerprint density at radius 2 is 1.71 bits per heavy atom. The molecule has 0 amide bonds. The zero-order valence-corrected chi connectivity index (χ0v) is 10.7. The van der Waals surface area contributed by atoms with E-state index in [4.69, 9.17) is 16.2 Å². The van der Waals surface area contributed by atoms with Gasteiger partial charge in [-0.1, -0.05) is 39.0 Å². The summed E-state index contributed by atoms with van der Waals surface area (Å²) < 4.78 is 5.62. The molecule has 0 aliphatic carbocycles. The van der Waals surface area contributed by atoms with Crippen LogP contribution in [0.1, 0.15) is 45.4 Å². The summed E-state index contributed by atoms with van der Waals surface area (Å²) in [7, 11) is 0. The number of anilines is 2. The zero-order chi connectivity index (χ0) is 12.5. The number of hydrogen-bond donors (Lipinski definition) is 2. The van der Waals surface area contributed by atoms with Crippen LogP contribution in [0.5, 0.6) is 5.75 Å². The molecule has 0 bridgehead atoms. The third-order valence-corrected chi connectivity index (χ3v) is 2.79. The van der Waals surface area contributed by atoms with Gasteiger partial charge in [-0.05, 0) is 18.6 Å². The Morgan fingerprint density at radius 3 is 2.47 bits per heavy atom. The van der Waals surface area contributed by atoms with E-state index in [1.165, 1.54) is 32.1 Å².